The minimum absolute atomic E-state index is 0.124. The Labute approximate surface area is 182 Å². The first-order valence-corrected chi connectivity index (χ1v) is 12.5. The standard InChI is InChI=1S/C22H30N4O4S/c1-3-26(4-2)31(29,30)17-7-8-20-18(13-17)19(14-21(27)23-20)22(28)25-11-9-24(10-12-25)15-16-5-6-16/h7-8,13-14,16H,3-6,9-12,15H2,1-2H3,(H,23,27). The molecule has 1 aliphatic carbocycles. The zero-order valence-corrected chi connectivity index (χ0v) is 19.0. The lowest BCUT2D eigenvalue weighted by atomic mass is 10.1. The maximum Gasteiger partial charge on any atom is 0.254 e. The van der Waals surface area contributed by atoms with Crippen molar-refractivity contribution in [2.75, 3.05) is 45.8 Å². The Morgan fingerprint density at radius 3 is 2.39 bits per heavy atom. The van der Waals surface area contributed by atoms with Crippen molar-refractivity contribution in [3.63, 3.8) is 0 Å². The van der Waals surface area contributed by atoms with E-state index >= 15 is 0 Å². The third kappa shape index (κ3) is 4.53. The lowest BCUT2D eigenvalue weighted by Gasteiger charge is -2.35. The highest BCUT2D eigenvalue weighted by atomic mass is 32.2. The van der Waals surface area contributed by atoms with Crippen LogP contribution < -0.4 is 5.56 Å². The molecule has 2 heterocycles. The molecule has 168 valence electrons. The van der Waals surface area contributed by atoms with Gasteiger partial charge in [-0.15, -0.1) is 0 Å². The molecular formula is C22H30N4O4S. The lowest BCUT2D eigenvalue weighted by Crippen LogP contribution is -2.49. The summed E-state index contributed by atoms with van der Waals surface area (Å²) in [5, 5.41) is 0.457. The van der Waals surface area contributed by atoms with Crippen LogP contribution in [-0.4, -0.2) is 79.2 Å². The van der Waals surface area contributed by atoms with Crippen molar-refractivity contribution in [1.82, 2.24) is 19.1 Å². The van der Waals surface area contributed by atoms with Crippen LogP contribution in [0.2, 0.25) is 0 Å². The van der Waals surface area contributed by atoms with Crippen molar-refractivity contribution in [3.05, 3.63) is 40.2 Å². The molecule has 1 N–H and O–H groups in total. The number of benzene rings is 1. The Hall–Kier alpha value is -2.23. The van der Waals surface area contributed by atoms with Gasteiger partial charge in [-0.3, -0.25) is 14.5 Å². The number of nitrogens with one attached hydrogen (secondary N) is 1. The summed E-state index contributed by atoms with van der Waals surface area (Å²) in [5.41, 5.74) is 0.343. The van der Waals surface area contributed by atoms with Gasteiger partial charge in [0, 0.05) is 62.8 Å². The Balaban J connectivity index is 1.65. The molecule has 1 saturated carbocycles. The number of nitrogens with zero attached hydrogens (tertiary/aromatic N) is 3. The van der Waals surface area contributed by atoms with E-state index in [0.717, 1.165) is 25.6 Å². The molecule has 1 saturated heterocycles. The van der Waals surface area contributed by atoms with E-state index in [1.54, 1.807) is 24.8 Å². The number of aromatic amines is 1. The minimum Gasteiger partial charge on any atom is -0.336 e. The van der Waals surface area contributed by atoms with Gasteiger partial charge in [-0.1, -0.05) is 13.8 Å². The van der Waals surface area contributed by atoms with Gasteiger partial charge < -0.3 is 9.88 Å². The van der Waals surface area contributed by atoms with Crippen LogP contribution in [0.1, 0.15) is 37.0 Å². The summed E-state index contributed by atoms with van der Waals surface area (Å²) in [6.45, 7) is 8.26. The van der Waals surface area contributed by atoms with Crippen LogP contribution in [0.15, 0.2) is 34.0 Å². The highest BCUT2D eigenvalue weighted by Crippen LogP contribution is 2.30. The number of fused-ring (bicyclic) bond motifs is 1. The predicted octanol–water partition coefficient (Wildman–Crippen LogP) is 1.73. The number of pyridine rings is 1. The number of H-pyrrole nitrogens is 1. The summed E-state index contributed by atoms with van der Waals surface area (Å²) >= 11 is 0. The summed E-state index contributed by atoms with van der Waals surface area (Å²) in [4.78, 5) is 32.5. The van der Waals surface area contributed by atoms with Gasteiger partial charge in [-0.2, -0.15) is 4.31 Å². The molecule has 0 spiro atoms. The van der Waals surface area contributed by atoms with Gasteiger partial charge in [0.1, 0.15) is 0 Å². The van der Waals surface area contributed by atoms with Crippen LogP contribution in [0.4, 0.5) is 0 Å². The van der Waals surface area contributed by atoms with Crippen molar-refractivity contribution < 1.29 is 13.2 Å². The molecule has 2 aromatic rings. The molecule has 1 aromatic carbocycles. The van der Waals surface area contributed by atoms with E-state index in [0.29, 0.717) is 37.1 Å². The van der Waals surface area contributed by atoms with E-state index in [4.69, 9.17) is 0 Å². The first kappa shape index (κ1) is 22.0. The van der Waals surface area contributed by atoms with Crippen LogP contribution in [0.3, 0.4) is 0 Å². The average molecular weight is 447 g/mol. The number of amides is 1. The van der Waals surface area contributed by atoms with Gasteiger partial charge in [0.15, 0.2) is 0 Å². The lowest BCUT2D eigenvalue weighted by molar-refractivity contribution is 0.0633. The highest BCUT2D eigenvalue weighted by Gasteiger charge is 2.29. The normalized spacial score (nSPS) is 18.1. The second-order valence-electron chi connectivity index (χ2n) is 8.38. The molecule has 8 nitrogen and oxygen atoms in total. The smallest absolute Gasteiger partial charge is 0.254 e. The first-order chi connectivity index (χ1) is 14.8. The second-order valence-corrected chi connectivity index (χ2v) is 10.3. The molecular weight excluding hydrogens is 416 g/mol. The molecule has 1 amide bonds. The van der Waals surface area contributed by atoms with Crippen molar-refractivity contribution in [1.29, 1.82) is 0 Å². The molecule has 0 unspecified atom stereocenters. The molecule has 31 heavy (non-hydrogen) atoms. The molecule has 2 fully saturated rings. The minimum atomic E-state index is -3.67. The Kier molecular flexibility index (Phi) is 6.18. The Morgan fingerprint density at radius 1 is 1.10 bits per heavy atom. The van der Waals surface area contributed by atoms with E-state index in [2.05, 4.69) is 9.88 Å². The Bertz CT molecular complexity index is 1130. The largest absolute Gasteiger partial charge is 0.336 e. The summed E-state index contributed by atoms with van der Waals surface area (Å²) in [7, 11) is -3.67. The molecule has 1 aromatic heterocycles. The van der Waals surface area contributed by atoms with E-state index in [-0.39, 0.29) is 21.9 Å². The third-order valence-electron chi connectivity index (χ3n) is 6.26. The summed E-state index contributed by atoms with van der Waals surface area (Å²) in [6, 6.07) is 5.85. The molecule has 0 radical (unpaired) electrons. The SMILES string of the molecule is CCN(CC)S(=O)(=O)c1ccc2[nH]c(=O)cc(C(=O)N3CCN(CC4CC4)CC3)c2c1. The van der Waals surface area contributed by atoms with E-state index in [1.807, 2.05) is 0 Å². The molecule has 0 atom stereocenters. The number of carbonyl (C=O) groups excluding carboxylic acids is 1. The fourth-order valence-electron chi connectivity index (χ4n) is 4.25. The number of hydrogen-bond donors (Lipinski definition) is 1. The van der Waals surface area contributed by atoms with Gasteiger partial charge in [0.05, 0.1) is 10.5 Å². The monoisotopic (exact) mass is 446 g/mol. The van der Waals surface area contributed by atoms with Gasteiger partial charge in [0.25, 0.3) is 5.91 Å². The maximum absolute atomic E-state index is 13.3. The number of rotatable bonds is 7. The third-order valence-corrected chi connectivity index (χ3v) is 8.31. The van der Waals surface area contributed by atoms with E-state index in [1.165, 1.54) is 35.3 Å². The van der Waals surface area contributed by atoms with Crippen molar-refractivity contribution in [3.8, 4) is 0 Å². The number of hydrogen-bond acceptors (Lipinski definition) is 5. The number of carbonyl (C=O) groups is 1. The highest BCUT2D eigenvalue weighted by molar-refractivity contribution is 7.89. The average Bonchev–Trinajstić information content (AvgIpc) is 3.57. The summed E-state index contributed by atoms with van der Waals surface area (Å²) in [5.74, 6) is 0.588. The van der Waals surface area contributed by atoms with Crippen molar-refractivity contribution in [2.45, 2.75) is 31.6 Å². The van der Waals surface area contributed by atoms with Crippen molar-refractivity contribution >= 4 is 26.8 Å². The molecule has 9 heteroatoms. The second kappa shape index (κ2) is 8.72. The fraction of sp³-hybridized carbons (Fsp3) is 0.545. The topological polar surface area (TPSA) is 93.8 Å². The maximum atomic E-state index is 13.3. The van der Waals surface area contributed by atoms with Crippen LogP contribution in [-0.2, 0) is 10.0 Å². The fourth-order valence-corrected chi connectivity index (χ4v) is 5.74. The Morgan fingerprint density at radius 2 is 1.77 bits per heavy atom. The molecule has 2 aliphatic rings. The van der Waals surface area contributed by atoms with Gasteiger partial charge in [-0.05, 0) is 37.0 Å². The van der Waals surface area contributed by atoms with Crippen LogP contribution in [0.5, 0.6) is 0 Å². The zero-order valence-electron chi connectivity index (χ0n) is 18.1. The molecule has 4 rings (SSSR count). The number of sulfonamides is 1. The predicted molar refractivity (Wildman–Crippen MR) is 120 cm³/mol. The zero-order chi connectivity index (χ0) is 22.2. The molecule has 0 bridgehead atoms. The summed E-state index contributed by atoms with van der Waals surface area (Å²) < 4.78 is 27.3. The first-order valence-electron chi connectivity index (χ1n) is 11.0. The number of aromatic nitrogens is 1. The van der Waals surface area contributed by atoms with Gasteiger partial charge in [0.2, 0.25) is 15.6 Å². The number of piperazine rings is 1. The van der Waals surface area contributed by atoms with Crippen LogP contribution in [0, 0.1) is 5.92 Å². The van der Waals surface area contributed by atoms with Gasteiger partial charge in [-0.25, -0.2) is 8.42 Å². The quantitative estimate of drug-likeness (QED) is 0.699. The van der Waals surface area contributed by atoms with Crippen molar-refractivity contribution in [2.24, 2.45) is 5.92 Å². The van der Waals surface area contributed by atoms with E-state index in [9.17, 15) is 18.0 Å². The molecule has 1 aliphatic heterocycles. The van der Waals surface area contributed by atoms with Gasteiger partial charge >= 0.3 is 0 Å². The summed E-state index contributed by atoms with van der Waals surface area (Å²) in [6.07, 6.45) is 2.60. The van der Waals surface area contributed by atoms with Crippen LogP contribution in [0.25, 0.3) is 10.9 Å². The van der Waals surface area contributed by atoms with Crippen LogP contribution >= 0.6 is 0 Å². The van der Waals surface area contributed by atoms with E-state index < -0.39 is 10.0 Å².